The normalized spacial score (nSPS) is 37.4. The van der Waals surface area contributed by atoms with Crippen molar-refractivity contribution in [2.24, 2.45) is 17.3 Å². The number of aliphatic carboxylic acids is 1. The van der Waals surface area contributed by atoms with Gasteiger partial charge in [0.2, 0.25) is 0 Å². The lowest BCUT2D eigenvalue weighted by molar-refractivity contribution is -0.133. The first-order valence-electron chi connectivity index (χ1n) is 6.54. The minimum atomic E-state index is -0.833. The van der Waals surface area contributed by atoms with Crippen LogP contribution in [0.1, 0.15) is 45.4 Å². The van der Waals surface area contributed by atoms with Crippen molar-refractivity contribution in [1.82, 2.24) is 0 Å². The summed E-state index contributed by atoms with van der Waals surface area (Å²) in [6.45, 7) is 10.3. The average Bonchev–Trinajstić information content (AvgIpc) is 2.27. The van der Waals surface area contributed by atoms with E-state index in [9.17, 15) is 4.79 Å². The minimum Gasteiger partial charge on any atom is -0.478 e. The van der Waals surface area contributed by atoms with E-state index in [1.54, 1.807) is 0 Å². The van der Waals surface area contributed by atoms with E-state index in [-0.39, 0.29) is 5.92 Å². The van der Waals surface area contributed by atoms with E-state index >= 15 is 0 Å². The molecule has 0 heterocycles. The lowest BCUT2D eigenvalue weighted by atomic mass is 9.56. The number of allylic oxidation sites excluding steroid dienone is 1. The van der Waals surface area contributed by atoms with Gasteiger partial charge in [0.25, 0.3) is 0 Å². The molecule has 0 unspecified atom stereocenters. The first kappa shape index (κ1) is 12.4. The van der Waals surface area contributed by atoms with E-state index in [0.717, 1.165) is 25.7 Å². The third-order valence-electron chi connectivity index (χ3n) is 4.93. The van der Waals surface area contributed by atoms with Crippen LogP contribution in [0.15, 0.2) is 24.3 Å². The summed E-state index contributed by atoms with van der Waals surface area (Å²) in [7, 11) is 0. The summed E-state index contributed by atoms with van der Waals surface area (Å²) in [6, 6.07) is 0. The summed E-state index contributed by atoms with van der Waals surface area (Å²) < 4.78 is 0. The summed E-state index contributed by atoms with van der Waals surface area (Å²) in [5, 5.41) is 9.04. The molecule has 0 spiro atoms. The first-order chi connectivity index (χ1) is 7.94. The number of hydrogen-bond donors (Lipinski definition) is 1. The van der Waals surface area contributed by atoms with Crippen molar-refractivity contribution in [3.05, 3.63) is 24.3 Å². The van der Waals surface area contributed by atoms with Gasteiger partial charge in [-0.3, -0.25) is 0 Å². The molecular formula is C15H22O2. The Morgan fingerprint density at radius 2 is 2.18 bits per heavy atom. The molecule has 3 atom stereocenters. The zero-order valence-corrected chi connectivity index (χ0v) is 10.7. The maximum Gasteiger partial charge on any atom is 0.331 e. The Labute approximate surface area is 103 Å². The van der Waals surface area contributed by atoms with Gasteiger partial charge in [-0.05, 0) is 55.8 Å². The summed E-state index contributed by atoms with van der Waals surface area (Å²) in [5.74, 6) is -0.174. The molecule has 0 amide bonds. The van der Waals surface area contributed by atoms with E-state index in [4.69, 9.17) is 5.11 Å². The standard InChI is InChI=1S/C15H22O2/c1-10-5-4-7-15(3)8-6-12(9-13(10)15)11(2)14(16)17/h12-13H,1-2,4-9H2,3H3,(H,16,17)/t12-,13-,15-/m1/s1. The van der Waals surface area contributed by atoms with Crippen molar-refractivity contribution >= 4 is 5.97 Å². The van der Waals surface area contributed by atoms with E-state index in [0.29, 0.717) is 16.9 Å². The second-order valence-corrected chi connectivity index (χ2v) is 6.02. The molecule has 2 aliphatic rings. The highest BCUT2D eigenvalue weighted by Crippen LogP contribution is 2.54. The number of fused-ring (bicyclic) bond motifs is 1. The fraction of sp³-hybridized carbons (Fsp3) is 0.667. The van der Waals surface area contributed by atoms with Gasteiger partial charge in [-0.2, -0.15) is 0 Å². The molecule has 0 aromatic heterocycles. The van der Waals surface area contributed by atoms with Gasteiger partial charge in [-0.25, -0.2) is 4.79 Å². The number of carbonyl (C=O) groups is 1. The predicted octanol–water partition coefficient (Wildman–Crippen LogP) is 3.79. The predicted molar refractivity (Wildman–Crippen MR) is 68.7 cm³/mol. The Kier molecular flexibility index (Phi) is 3.15. The van der Waals surface area contributed by atoms with Crippen LogP contribution in [-0.4, -0.2) is 11.1 Å². The summed E-state index contributed by atoms with van der Waals surface area (Å²) in [5.41, 5.74) is 2.09. The van der Waals surface area contributed by atoms with Crippen LogP contribution in [0.2, 0.25) is 0 Å². The quantitative estimate of drug-likeness (QED) is 0.583. The van der Waals surface area contributed by atoms with Crippen LogP contribution in [-0.2, 0) is 4.79 Å². The van der Waals surface area contributed by atoms with Crippen molar-refractivity contribution in [1.29, 1.82) is 0 Å². The van der Waals surface area contributed by atoms with Crippen molar-refractivity contribution in [3.63, 3.8) is 0 Å². The molecule has 2 rings (SSSR count). The van der Waals surface area contributed by atoms with Gasteiger partial charge in [0.05, 0.1) is 0 Å². The Morgan fingerprint density at radius 1 is 1.47 bits per heavy atom. The molecule has 94 valence electrons. The molecule has 2 nitrogen and oxygen atoms in total. The molecule has 17 heavy (non-hydrogen) atoms. The first-order valence-corrected chi connectivity index (χ1v) is 6.54. The fourth-order valence-corrected chi connectivity index (χ4v) is 3.71. The Bertz CT molecular complexity index is 369. The molecule has 2 fully saturated rings. The number of rotatable bonds is 2. The SMILES string of the molecule is C=C(C(=O)O)[C@@H]1CC[C@@]2(C)CCCC(=C)[C@H]2C1. The molecule has 2 heteroatoms. The van der Waals surface area contributed by atoms with Crippen molar-refractivity contribution in [2.75, 3.05) is 0 Å². The molecule has 0 aromatic rings. The molecular weight excluding hydrogens is 212 g/mol. The van der Waals surface area contributed by atoms with Crippen LogP contribution in [0.3, 0.4) is 0 Å². The van der Waals surface area contributed by atoms with Crippen molar-refractivity contribution in [2.45, 2.75) is 45.4 Å². The maximum atomic E-state index is 11.0. The fourth-order valence-electron chi connectivity index (χ4n) is 3.71. The minimum absolute atomic E-state index is 0.153. The van der Waals surface area contributed by atoms with Crippen molar-refractivity contribution in [3.8, 4) is 0 Å². The molecule has 2 saturated carbocycles. The second kappa shape index (κ2) is 4.32. The maximum absolute atomic E-state index is 11.0. The van der Waals surface area contributed by atoms with Gasteiger partial charge in [-0.15, -0.1) is 0 Å². The number of hydrogen-bond acceptors (Lipinski definition) is 1. The third kappa shape index (κ3) is 2.18. The third-order valence-corrected chi connectivity index (χ3v) is 4.93. The number of carboxylic acids is 1. The molecule has 0 radical (unpaired) electrons. The molecule has 0 aromatic carbocycles. The van der Waals surface area contributed by atoms with Gasteiger partial charge in [-0.1, -0.05) is 25.7 Å². The van der Waals surface area contributed by atoms with Gasteiger partial charge in [0.1, 0.15) is 0 Å². The highest BCUT2D eigenvalue weighted by Gasteiger charge is 2.43. The molecule has 1 N–H and O–H groups in total. The largest absolute Gasteiger partial charge is 0.478 e. The van der Waals surface area contributed by atoms with Crippen LogP contribution in [0.25, 0.3) is 0 Å². The monoisotopic (exact) mass is 234 g/mol. The summed E-state index contributed by atoms with van der Waals surface area (Å²) >= 11 is 0. The average molecular weight is 234 g/mol. The van der Waals surface area contributed by atoms with Gasteiger partial charge in [0.15, 0.2) is 0 Å². The zero-order chi connectivity index (χ0) is 12.6. The van der Waals surface area contributed by atoms with E-state index < -0.39 is 5.97 Å². The van der Waals surface area contributed by atoms with Crippen LogP contribution in [0, 0.1) is 17.3 Å². The lowest BCUT2D eigenvalue weighted by Gasteiger charge is -2.48. The topological polar surface area (TPSA) is 37.3 Å². The van der Waals surface area contributed by atoms with Crippen LogP contribution in [0.5, 0.6) is 0 Å². The molecule has 0 bridgehead atoms. The highest BCUT2D eigenvalue weighted by molar-refractivity contribution is 5.86. The van der Waals surface area contributed by atoms with E-state index in [1.165, 1.54) is 18.4 Å². The van der Waals surface area contributed by atoms with E-state index in [2.05, 4.69) is 20.1 Å². The van der Waals surface area contributed by atoms with E-state index in [1.807, 2.05) is 0 Å². The van der Waals surface area contributed by atoms with Gasteiger partial charge >= 0.3 is 5.97 Å². The van der Waals surface area contributed by atoms with Crippen molar-refractivity contribution < 1.29 is 9.90 Å². The van der Waals surface area contributed by atoms with Crippen LogP contribution >= 0.6 is 0 Å². The zero-order valence-electron chi connectivity index (χ0n) is 10.7. The molecule has 2 aliphatic carbocycles. The Morgan fingerprint density at radius 3 is 2.82 bits per heavy atom. The van der Waals surface area contributed by atoms with Crippen LogP contribution < -0.4 is 0 Å². The Balaban J connectivity index is 2.14. The lowest BCUT2D eigenvalue weighted by Crippen LogP contribution is -2.38. The second-order valence-electron chi connectivity index (χ2n) is 6.02. The molecule has 0 saturated heterocycles. The number of carboxylic acid groups (broad SMARTS) is 1. The highest BCUT2D eigenvalue weighted by atomic mass is 16.4. The molecule has 0 aliphatic heterocycles. The summed E-state index contributed by atoms with van der Waals surface area (Å²) in [4.78, 5) is 11.0. The Hall–Kier alpha value is -1.05. The van der Waals surface area contributed by atoms with Crippen LogP contribution in [0.4, 0.5) is 0 Å². The smallest absolute Gasteiger partial charge is 0.331 e. The summed E-state index contributed by atoms with van der Waals surface area (Å²) in [6.07, 6.45) is 6.67. The van der Waals surface area contributed by atoms with Gasteiger partial charge < -0.3 is 5.11 Å². The van der Waals surface area contributed by atoms with Gasteiger partial charge in [0, 0.05) is 5.57 Å².